The van der Waals surface area contributed by atoms with Crippen LogP contribution in [0.4, 0.5) is 0 Å². The largest absolute Gasteiger partial charge is 0.458 e. The second-order valence-corrected chi connectivity index (χ2v) is 3.32. The molecule has 0 aromatic carbocycles. The average Bonchev–Trinajstić information content (AvgIpc) is 2.03. The lowest BCUT2D eigenvalue weighted by Gasteiger charge is -2.06. The molecule has 0 atom stereocenters. The van der Waals surface area contributed by atoms with Crippen LogP contribution in [-0.4, -0.2) is 17.1 Å². The van der Waals surface area contributed by atoms with E-state index < -0.39 is 0 Å². The van der Waals surface area contributed by atoms with Gasteiger partial charge in [-0.15, -0.1) is 0 Å². The van der Waals surface area contributed by atoms with E-state index in [-0.39, 0.29) is 12.1 Å². The summed E-state index contributed by atoms with van der Waals surface area (Å²) in [7, 11) is 0. The molecule has 0 spiro atoms. The van der Waals surface area contributed by atoms with Crippen LogP contribution in [0.5, 0.6) is 0 Å². The highest BCUT2D eigenvalue weighted by molar-refractivity contribution is 7.71. The summed E-state index contributed by atoms with van der Waals surface area (Å²) in [6.45, 7) is 3.60. The number of aromatic nitrogens is 1. The van der Waals surface area contributed by atoms with Gasteiger partial charge in [-0.05, 0) is 26.0 Å². The van der Waals surface area contributed by atoms with Gasteiger partial charge in [-0.1, -0.05) is 18.3 Å². The minimum atomic E-state index is -0.373. The van der Waals surface area contributed by atoms with E-state index in [0.717, 1.165) is 0 Å². The van der Waals surface area contributed by atoms with E-state index in [4.69, 9.17) is 17.0 Å². The SMILES string of the molecule is CC(C)OC(=O)c1cccc(=S)[nH]1. The van der Waals surface area contributed by atoms with Gasteiger partial charge in [-0.25, -0.2) is 4.79 Å². The molecule has 0 saturated carbocycles. The topological polar surface area (TPSA) is 42.1 Å². The molecule has 0 fully saturated rings. The first-order valence-corrected chi connectivity index (χ1v) is 4.41. The Morgan fingerprint density at radius 1 is 1.54 bits per heavy atom. The molecule has 1 aromatic rings. The van der Waals surface area contributed by atoms with Crippen LogP contribution in [-0.2, 0) is 4.74 Å². The maximum atomic E-state index is 11.3. The molecule has 1 aromatic heterocycles. The first kappa shape index (κ1) is 9.92. The Morgan fingerprint density at radius 2 is 2.23 bits per heavy atom. The van der Waals surface area contributed by atoms with Gasteiger partial charge in [0.25, 0.3) is 0 Å². The third-order valence-corrected chi connectivity index (χ3v) is 1.57. The highest BCUT2D eigenvalue weighted by Crippen LogP contribution is 2.00. The molecular formula is C9H11NO2S. The molecule has 70 valence electrons. The van der Waals surface area contributed by atoms with Gasteiger partial charge in [0, 0.05) is 0 Å². The Kier molecular flexibility index (Phi) is 3.19. The maximum Gasteiger partial charge on any atom is 0.355 e. The summed E-state index contributed by atoms with van der Waals surface area (Å²) in [5, 5.41) is 0. The van der Waals surface area contributed by atoms with Gasteiger partial charge >= 0.3 is 5.97 Å². The van der Waals surface area contributed by atoms with Crippen molar-refractivity contribution in [2.45, 2.75) is 20.0 Å². The normalized spacial score (nSPS) is 10.1. The Balaban J connectivity index is 2.83. The standard InChI is InChI=1S/C9H11NO2S/c1-6(2)12-9(11)7-4-3-5-8(13)10-7/h3-6H,1-2H3,(H,10,13). The van der Waals surface area contributed by atoms with Crippen LogP contribution in [0.25, 0.3) is 0 Å². The molecule has 4 heteroatoms. The van der Waals surface area contributed by atoms with Crippen molar-refractivity contribution in [3.63, 3.8) is 0 Å². The molecule has 0 aliphatic carbocycles. The van der Waals surface area contributed by atoms with Crippen molar-refractivity contribution in [3.05, 3.63) is 28.5 Å². The van der Waals surface area contributed by atoms with Crippen LogP contribution in [0.2, 0.25) is 0 Å². The molecule has 0 unspecified atom stereocenters. The number of hydrogen-bond donors (Lipinski definition) is 1. The van der Waals surface area contributed by atoms with Gasteiger partial charge < -0.3 is 9.72 Å². The fourth-order valence-corrected chi connectivity index (χ4v) is 1.03. The number of H-pyrrole nitrogens is 1. The zero-order valence-corrected chi connectivity index (χ0v) is 8.35. The minimum absolute atomic E-state index is 0.116. The van der Waals surface area contributed by atoms with E-state index in [1.165, 1.54) is 0 Å². The lowest BCUT2D eigenvalue weighted by atomic mass is 10.3. The van der Waals surface area contributed by atoms with Crippen molar-refractivity contribution in [1.29, 1.82) is 0 Å². The summed E-state index contributed by atoms with van der Waals surface area (Å²) in [4.78, 5) is 14.1. The lowest BCUT2D eigenvalue weighted by Crippen LogP contribution is -2.12. The van der Waals surface area contributed by atoms with E-state index >= 15 is 0 Å². The number of carbonyl (C=O) groups is 1. The molecule has 1 heterocycles. The van der Waals surface area contributed by atoms with Crippen molar-refractivity contribution < 1.29 is 9.53 Å². The van der Waals surface area contributed by atoms with Crippen molar-refractivity contribution in [1.82, 2.24) is 4.98 Å². The number of esters is 1. The summed E-state index contributed by atoms with van der Waals surface area (Å²) in [6, 6.07) is 5.07. The third-order valence-electron chi connectivity index (χ3n) is 1.33. The van der Waals surface area contributed by atoms with Gasteiger partial charge in [0.15, 0.2) is 0 Å². The van der Waals surface area contributed by atoms with E-state index in [9.17, 15) is 4.79 Å². The van der Waals surface area contributed by atoms with Crippen LogP contribution < -0.4 is 0 Å². The number of hydrogen-bond acceptors (Lipinski definition) is 3. The Morgan fingerprint density at radius 3 is 2.77 bits per heavy atom. The van der Waals surface area contributed by atoms with Crippen LogP contribution in [0, 0.1) is 4.64 Å². The number of pyridine rings is 1. The van der Waals surface area contributed by atoms with Gasteiger partial charge in [0.1, 0.15) is 10.3 Å². The zero-order valence-electron chi connectivity index (χ0n) is 7.53. The highest BCUT2D eigenvalue weighted by atomic mass is 32.1. The quantitative estimate of drug-likeness (QED) is 0.584. The van der Waals surface area contributed by atoms with Gasteiger partial charge in [0.05, 0.1) is 6.10 Å². The number of carbonyl (C=O) groups excluding carboxylic acids is 1. The van der Waals surface area contributed by atoms with Crippen molar-refractivity contribution in [2.24, 2.45) is 0 Å². The van der Waals surface area contributed by atoms with Crippen LogP contribution in [0.15, 0.2) is 18.2 Å². The first-order valence-electron chi connectivity index (χ1n) is 4.00. The Bertz CT molecular complexity index is 357. The number of aromatic amines is 1. The molecule has 0 saturated heterocycles. The smallest absolute Gasteiger partial charge is 0.355 e. The van der Waals surface area contributed by atoms with Crippen LogP contribution >= 0.6 is 12.2 Å². The Labute approximate surface area is 81.7 Å². The molecule has 0 amide bonds. The fraction of sp³-hybridized carbons (Fsp3) is 0.333. The second-order valence-electron chi connectivity index (χ2n) is 2.88. The number of nitrogens with one attached hydrogen (secondary N) is 1. The molecule has 0 radical (unpaired) electrons. The van der Waals surface area contributed by atoms with E-state index in [1.54, 1.807) is 32.0 Å². The summed E-state index contributed by atoms with van der Waals surface area (Å²) in [5.41, 5.74) is 0.390. The second kappa shape index (κ2) is 4.18. The van der Waals surface area contributed by atoms with Crippen LogP contribution in [0.3, 0.4) is 0 Å². The predicted octanol–water partition coefficient (Wildman–Crippen LogP) is 2.31. The third kappa shape index (κ3) is 2.99. The van der Waals surface area contributed by atoms with Gasteiger partial charge in [-0.2, -0.15) is 0 Å². The molecule has 0 aliphatic heterocycles. The minimum Gasteiger partial charge on any atom is -0.458 e. The fourth-order valence-electron chi connectivity index (χ4n) is 0.844. The highest BCUT2D eigenvalue weighted by Gasteiger charge is 2.08. The number of rotatable bonds is 2. The predicted molar refractivity (Wildman–Crippen MR) is 52.2 cm³/mol. The lowest BCUT2D eigenvalue weighted by molar-refractivity contribution is 0.0371. The summed E-state index contributed by atoms with van der Waals surface area (Å²) in [5.74, 6) is -0.373. The van der Waals surface area contributed by atoms with E-state index in [1.807, 2.05) is 0 Å². The summed E-state index contributed by atoms with van der Waals surface area (Å²) in [6.07, 6.45) is -0.116. The number of ether oxygens (including phenoxy) is 1. The van der Waals surface area contributed by atoms with E-state index in [2.05, 4.69) is 4.98 Å². The van der Waals surface area contributed by atoms with E-state index in [0.29, 0.717) is 10.3 Å². The maximum absolute atomic E-state index is 11.3. The molecule has 1 N–H and O–H groups in total. The summed E-state index contributed by atoms with van der Waals surface area (Å²) < 4.78 is 5.50. The van der Waals surface area contributed by atoms with Crippen LogP contribution in [0.1, 0.15) is 24.3 Å². The molecule has 0 bridgehead atoms. The van der Waals surface area contributed by atoms with Crippen molar-refractivity contribution in [3.8, 4) is 0 Å². The molecular weight excluding hydrogens is 186 g/mol. The average molecular weight is 197 g/mol. The monoisotopic (exact) mass is 197 g/mol. The van der Waals surface area contributed by atoms with Crippen molar-refractivity contribution >= 4 is 18.2 Å². The van der Waals surface area contributed by atoms with Gasteiger partial charge in [0.2, 0.25) is 0 Å². The Hall–Kier alpha value is -1.16. The molecule has 0 aliphatic rings. The molecule has 13 heavy (non-hydrogen) atoms. The molecule has 1 rings (SSSR count). The first-order chi connectivity index (χ1) is 6.09. The van der Waals surface area contributed by atoms with Gasteiger partial charge in [-0.3, -0.25) is 0 Å². The zero-order chi connectivity index (χ0) is 9.84. The summed E-state index contributed by atoms with van der Waals surface area (Å²) >= 11 is 4.87. The molecule has 3 nitrogen and oxygen atoms in total. The van der Waals surface area contributed by atoms with Crippen molar-refractivity contribution in [2.75, 3.05) is 0 Å².